The monoisotopic (exact) mass is 561 g/mol. The van der Waals surface area contributed by atoms with Crippen LogP contribution in [0.3, 0.4) is 0 Å². The molecule has 6 nitrogen and oxygen atoms in total. The number of hydrogen-bond acceptors (Lipinski definition) is 6. The minimum atomic E-state index is -1.30. The van der Waals surface area contributed by atoms with Gasteiger partial charge < -0.3 is 24.0 Å². The summed E-state index contributed by atoms with van der Waals surface area (Å²) in [5.74, 6) is 0.726. The van der Waals surface area contributed by atoms with Crippen molar-refractivity contribution in [3.05, 3.63) is 23.8 Å². The van der Waals surface area contributed by atoms with E-state index in [9.17, 15) is 9.90 Å². The number of aldehydes is 1. The van der Waals surface area contributed by atoms with Crippen molar-refractivity contribution in [3.63, 3.8) is 0 Å². The lowest BCUT2D eigenvalue weighted by molar-refractivity contribution is -0.115. The first-order chi connectivity index (χ1) is 15.2. The average Bonchev–Trinajstić information content (AvgIpc) is 2.77. The van der Waals surface area contributed by atoms with Gasteiger partial charge in [-0.05, 0) is 59.8 Å². The first kappa shape index (κ1) is 29.4. The number of benzene rings is 1. The number of carbonyl (C=O) groups excluding carboxylic acids is 1. The number of unbranched alkanes of at least 4 members (excludes halogenated alkanes) is 2. The van der Waals surface area contributed by atoms with Crippen molar-refractivity contribution in [2.75, 3.05) is 33.0 Å². The van der Waals surface area contributed by atoms with Crippen LogP contribution in [0.4, 0.5) is 0 Å². The molecular formula is C24H39BIO6. The first-order valence-corrected chi connectivity index (χ1v) is 12.6. The number of rotatable bonds is 18. The van der Waals surface area contributed by atoms with Gasteiger partial charge in [0.05, 0.1) is 13.2 Å². The third-order valence-electron chi connectivity index (χ3n) is 5.19. The summed E-state index contributed by atoms with van der Waals surface area (Å²) < 4.78 is 22.9. The number of carbonyl (C=O) groups is 1. The normalized spacial score (nSPS) is 13.8. The van der Waals surface area contributed by atoms with Crippen LogP contribution in [-0.4, -0.2) is 61.1 Å². The van der Waals surface area contributed by atoms with Gasteiger partial charge in [0, 0.05) is 18.8 Å². The minimum absolute atomic E-state index is 0.0277. The van der Waals surface area contributed by atoms with Crippen molar-refractivity contribution in [2.45, 2.75) is 69.5 Å². The zero-order valence-corrected chi connectivity index (χ0v) is 22.4. The van der Waals surface area contributed by atoms with Crippen molar-refractivity contribution < 1.29 is 28.8 Å². The zero-order valence-electron chi connectivity index (χ0n) is 20.2. The molecule has 8 heteroatoms. The molecule has 181 valence electrons. The Kier molecular flexibility index (Phi) is 14.0. The number of alkyl halides is 1. The van der Waals surface area contributed by atoms with E-state index in [1.54, 1.807) is 25.7 Å². The molecule has 0 aliphatic carbocycles. The maximum absolute atomic E-state index is 11.6. The Bertz CT molecular complexity index is 656. The predicted molar refractivity (Wildman–Crippen MR) is 137 cm³/mol. The summed E-state index contributed by atoms with van der Waals surface area (Å²) >= 11 is 2.25. The molecule has 1 aromatic rings. The van der Waals surface area contributed by atoms with Gasteiger partial charge in [-0.25, -0.2) is 0 Å². The second-order valence-electron chi connectivity index (χ2n) is 8.58. The molecular weight excluding hydrogens is 522 g/mol. The van der Waals surface area contributed by atoms with Crippen molar-refractivity contribution in [1.82, 2.24) is 0 Å². The molecule has 1 unspecified atom stereocenters. The minimum Gasteiger partial charge on any atom is -0.491 e. The van der Waals surface area contributed by atoms with E-state index in [4.69, 9.17) is 18.9 Å². The van der Waals surface area contributed by atoms with Crippen molar-refractivity contribution in [3.8, 4) is 5.75 Å². The molecule has 32 heavy (non-hydrogen) atoms. The Morgan fingerprint density at radius 1 is 1.09 bits per heavy atom. The molecule has 0 aromatic heterocycles. The molecule has 1 rings (SSSR count). The number of aliphatic hydroxyl groups is 1. The maximum Gasteiger partial charge on any atom is 0.336 e. The second kappa shape index (κ2) is 15.3. The lowest BCUT2D eigenvalue weighted by Gasteiger charge is -2.30. The molecule has 1 atom stereocenters. The molecule has 0 bridgehead atoms. The lowest BCUT2D eigenvalue weighted by atomic mass is 9.82. The molecule has 0 aliphatic rings. The molecule has 0 spiro atoms. The first-order valence-electron chi connectivity index (χ1n) is 11.5. The summed E-state index contributed by atoms with van der Waals surface area (Å²) in [6.45, 7) is 11.6. The molecule has 0 aliphatic heterocycles. The van der Waals surface area contributed by atoms with Crippen LogP contribution < -0.4 is 10.2 Å². The molecule has 1 N–H and O–H groups in total. The molecule has 1 aromatic carbocycles. The van der Waals surface area contributed by atoms with Gasteiger partial charge in [-0.15, -0.1) is 0 Å². The Morgan fingerprint density at radius 3 is 2.19 bits per heavy atom. The summed E-state index contributed by atoms with van der Waals surface area (Å²) in [4.78, 5) is 11.6. The summed E-state index contributed by atoms with van der Waals surface area (Å²) in [6, 6.07) is 5.22. The van der Waals surface area contributed by atoms with Gasteiger partial charge in [-0.3, -0.25) is 4.79 Å². The predicted octanol–water partition coefficient (Wildman–Crippen LogP) is 4.31. The highest BCUT2D eigenvalue weighted by Crippen LogP contribution is 2.28. The van der Waals surface area contributed by atoms with Gasteiger partial charge >= 0.3 is 7.48 Å². The lowest BCUT2D eigenvalue weighted by Crippen LogP contribution is -2.46. The number of ether oxygens (including phenoxy) is 3. The Hall–Kier alpha value is -0.675. The van der Waals surface area contributed by atoms with E-state index >= 15 is 0 Å². The van der Waals surface area contributed by atoms with E-state index in [-0.39, 0.29) is 25.7 Å². The van der Waals surface area contributed by atoms with Crippen LogP contribution in [0.5, 0.6) is 5.75 Å². The molecule has 0 saturated heterocycles. The van der Waals surface area contributed by atoms with E-state index < -0.39 is 9.21 Å². The van der Waals surface area contributed by atoms with E-state index in [0.717, 1.165) is 32.0 Å². The summed E-state index contributed by atoms with van der Waals surface area (Å²) in [7, 11) is 1.57. The average molecular weight is 561 g/mol. The van der Waals surface area contributed by atoms with Crippen molar-refractivity contribution in [1.29, 1.82) is 0 Å². The standard InChI is InChI=1S/C24H39BIO6/c1-6-8-13-29-16-24(28,17-30-14-9-7-2)18-31-21-12-10-11-20(15-27)22(21)25-32-23(5,26)19(3)4/h10-12,15,19,28H,6-9,13-14,16-18H2,1-5H3. The van der Waals surface area contributed by atoms with Crippen LogP contribution in [0, 0.1) is 5.92 Å². The van der Waals surface area contributed by atoms with Gasteiger partial charge in [0.15, 0.2) is 0 Å². The van der Waals surface area contributed by atoms with Crippen LogP contribution >= 0.6 is 22.6 Å². The fraction of sp³-hybridized carbons (Fsp3) is 0.708. The van der Waals surface area contributed by atoms with Crippen molar-refractivity contribution >= 4 is 41.8 Å². The van der Waals surface area contributed by atoms with E-state index in [1.807, 2.05) is 6.92 Å². The smallest absolute Gasteiger partial charge is 0.336 e. The molecule has 0 amide bonds. The highest BCUT2D eigenvalue weighted by molar-refractivity contribution is 14.1. The van der Waals surface area contributed by atoms with Gasteiger partial charge in [-0.2, -0.15) is 0 Å². The summed E-state index contributed by atoms with van der Waals surface area (Å²) in [6.07, 6.45) is 4.67. The topological polar surface area (TPSA) is 74.2 Å². The molecule has 0 saturated carbocycles. The van der Waals surface area contributed by atoms with Crippen LogP contribution in [-0.2, 0) is 14.1 Å². The van der Waals surface area contributed by atoms with Gasteiger partial charge in [0.2, 0.25) is 0 Å². The summed E-state index contributed by atoms with van der Waals surface area (Å²) in [5, 5.41) is 11.1. The van der Waals surface area contributed by atoms with E-state index in [0.29, 0.717) is 30.0 Å². The second-order valence-corrected chi connectivity index (χ2v) is 10.7. The quantitative estimate of drug-likeness (QED) is 0.0948. The number of hydrogen-bond donors (Lipinski definition) is 1. The fourth-order valence-electron chi connectivity index (χ4n) is 2.58. The third kappa shape index (κ3) is 10.5. The van der Waals surface area contributed by atoms with Gasteiger partial charge in [-0.1, -0.05) is 52.7 Å². The van der Waals surface area contributed by atoms with Crippen LogP contribution in [0.2, 0.25) is 0 Å². The molecule has 0 fully saturated rings. The Balaban J connectivity index is 2.93. The van der Waals surface area contributed by atoms with Gasteiger partial charge in [0.1, 0.15) is 27.9 Å². The Morgan fingerprint density at radius 2 is 1.69 bits per heavy atom. The van der Waals surface area contributed by atoms with Crippen molar-refractivity contribution in [2.24, 2.45) is 5.92 Å². The highest BCUT2D eigenvalue weighted by Gasteiger charge is 2.31. The van der Waals surface area contributed by atoms with Crippen LogP contribution in [0.1, 0.15) is 70.7 Å². The fourth-order valence-corrected chi connectivity index (χ4v) is 2.71. The third-order valence-corrected chi connectivity index (χ3v) is 6.69. The van der Waals surface area contributed by atoms with Gasteiger partial charge in [0.25, 0.3) is 0 Å². The SMILES string of the molecule is CCCCOCC(O)(COCCCC)COc1cccc(C=O)c1[B]OC(C)(I)C(C)C. The molecule has 1 radical (unpaired) electrons. The van der Waals surface area contributed by atoms with Crippen LogP contribution in [0.25, 0.3) is 0 Å². The maximum atomic E-state index is 11.6. The highest BCUT2D eigenvalue weighted by atomic mass is 127. The van der Waals surface area contributed by atoms with E-state index in [1.165, 1.54) is 0 Å². The molecule has 0 heterocycles. The number of halogens is 1. The zero-order chi connectivity index (χ0) is 24.0. The largest absolute Gasteiger partial charge is 0.491 e. The van der Waals surface area contributed by atoms with E-state index in [2.05, 4.69) is 50.3 Å². The Labute approximate surface area is 208 Å². The summed E-state index contributed by atoms with van der Waals surface area (Å²) in [5.41, 5.74) is -0.292. The van der Waals surface area contributed by atoms with Crippen LogP contribution in [0.15, 0.2) is 18.2 Å².